The SMILES string of the molecule is Cc1nc(N)nc(N)c1N1CCN(c2ccc(S(C)(=O)=O)cc2)CC1I. The van der Waals surface area contributed by atoms with Crippen molar-refractivity contribution >= 4 is 55.6 Å². The first kappa shape index (κ1) is 19.0. The number of hydrogen-bond donors (Lipinski definition) is 2. The number of hydrogen-bond acceptors (Lipinski definition) is 8. The molecule has 10 heteroatoms. The van der Waals surface area contributed by atoms with Crippen molar-refractivity contribution in [2.24, 2.45) is 0 Å². The molecular formula is C16H21IN6O2S. The Labute approximate surface area is 166 Å². The molecule has 0 radical (unpaired) electrons. The minimum Gasteiger partial charge on any atom is -0.382 e. The van der Waals surface area contributed by atoms with Gasteiger partial charge in [-0.25, -0.2) is 13.4 Å². The molecule has 26 heavy (non-hydrogen) atoms. The second-order valence-corrected chi connectivity index (χ2v) is 9.69. The van der Waals surface area contributed by atoms with E-state index in [9.17, 15) is 8.42 Å². The minimum atomic E-state index is -3.19. The lowest BCUT2D eigenvalue weighted by atomic mass is 10.2. The molecule has 1 aromatic heterocycles. The zero-order valence-electron chi connectivity index (χ0n) is 14.6. The van der Waals surface area contributed by atoms with Crippen LogP contribution in [0.1, 0.15) is 5.69 Å². The molecule has 1 aliphatic rings. The van der Waals surface area contributed by atoms with Gasteiger partial charge < -0.3 is 21.3 Å². The summed E-state index contributed by atoms with van der Waals surface area (Å²) in [5.41, 5.74) is 14.3. The molecule has 0 aliphatic carbocycles. The summed E-state index contributed by atoms with van der Waals surface area (Å²) < 4.78 is 23.4. The van der Waals surface area contributed by atoms with Crippen molar-refractivity contribution in [1.29, 1.82) is 0 Å². The van der Waals surface area contributed by atoms with E-state index in [0.29, 0.717) is 10.7 Å². The molecule has 2 aromatic rings. The monoisotopic (exact) mass is 488 g/mol. The van der Waals surface area contributed by atoms with Crippen LogP contribution in [0.25, 0.3) is 0 Å². The first-order valence-corrected chi connectivity index (χ1v) is 11.2. The number of alkyl halides is 1. The minimum absolute atomic E-state index is 0.157. The zero-order valence-corrected chi connectivity index (χ0v) is 17.5. The van der Waals surface area contributed by atoms with Gasteiger partial charge in [-0.05, 0) is 31.2 Å². The number of sulfone groups is 1. The quantitative estimate of drug-likeness (QED) is 0.379. The highest BCUT2D eigenvalue weighted by Gasteiger charge is 2.28. The molecular weight excluding hydrogens is 467 g/mol. The molecule has 2 heterocycles. The fourth-order valence-electron chi connectivity index (χ4n) is 3.10. The molecule has 3 rings (SSSR count). The fraction of sp³-hybridized carbons (Fsp3) is 0.375. The number of aromatic nitrogens is 2. The molecule has 8 nitrogen and oxygen atoms in total. The summed E-state index contributed by atoms with van der Waals surface area (Å²) in [4.78, 5) is 13.0. The van der Waals surface area contributed by atoms with Gasteiger partial charge in [-0.15, -0.1) is 0 Å². The van der Waals surface area contributed by atoms with Crippen LogP contribution in [-0.2, 0) is 9.84 Å². The Morgan fingerprint density at radius 2 is 1.81 bits per heavy atom. The maximum Gasteiger partial charge on any atom is 0.222 e. The number of nitrogens with zero attached hydrogens (tertiary/aromatic N) is 4. The molecule has 1 aromatic carbocycles. The largest absolute Gasteiger partial charge is 0.382 e. The number of rotatable bonds is 3. The van der Waals surface area contributed by atoms with Crippen LogP contribution in [0, 0.1) is 6.92 Å². The number of piperazine rings is 1. The Morgan fingerprint density at radius 3 is 2.35 bits per heavy atom. The van der Waals surface area contributed by atoms with Gasteiger partial charge in [0.25, 0.3) is 0 Å². The predicted octanol–water partition coefficient (Wildman–Crippen LogP) is 1.44. The van der Waals surface area contributed by atoms with E-state index in [0.717, 1.165) is 36.7 Å². The predicted molar refractivity (Wildman–Crippen MR) is 113 cm³/mol. The Morgan fingerprint density at radius 1 is 1.15 bits per heavy atom. The molecule has 140 valence electrons. The number of benzene rings is 1. The van der Waals surface area contributed by atoms with Crippen LogP contribution < -0.4 is 21.3 Å². The summed E-state index contributed by atoms with van der Waals surface area (Å²) in [7, 11) is -3.19. The van der Waals surface area contributed by atoms with Crippen molar-refractivity contribution in [2.75, 3.05) is 47.2 Å². The van der Waals surface area contributed by atoms with E-state index in [4.69, 9.17) is 11.5 Å². The molecule has 0 spiro atoms. The van der Waals surface area contributed by atoms with E-state index in [2.05, 4.69) is 42.4 Å². The maximum atomic E-state index is 11.6. The van der Waals surface area contributed by atoms with Gasteiger partial charge in [0.05, 0.1) is 14.6 Å². The lowest BCUT2D eigenvalue weighted by molar-refractivity contribution is 0.602. The van der Waals surface area contributed by atoms with Crippen LogP contribution in [0.15, 0.2) is 29.2 Å². The van der Waals surface area contributed by atoms with Gasteiger partial charge in [0.2, 0.25) is 5.95 Å². The molecule has 1 unspecified atom stereocenters. The highest BCUT2D eigenvalue weighted by atomic mass is 127. The van der Waals surface area contributed by atoms with Crippen LogP contribution in [0.3, 0.4) is 0 Å². The van der Waals surface area contributed by atoms with E-state index in [1.54, 1.807) is 12.1 Å². The molecule has 1 aliphatic heterocycles. The molecule has 1 atom stereocenters. The van der Waals surface area contributed by atoms with Crippen LogP contribution in [0.2, 0.25) is 0 Å². The third-order valence-electron chi connectivity index (χ3n) is 4.34. The second kappa shape index (κ2) is 7.06. The highest BCUT2D eigenvalue weighted by Crippen LogP contribution is 2.32. The third-order valence-corrected chi connectivity index (χ3v) is 6.53. The molecule has 4 N–H and O–H groups in total. The Bertz CT molecular complexity index is 896. The highest BCUT2D eigenvalue weighted by molar-refractivity contribution is 14.1. The topological polar surface area (TPSA) is 118 Å². The van der Waals surface area contributed by atoms with Crippen molar-refractivity contribution in [3.63, 3.8) is 0 Å². The second-order valence-electron chi connectivity index (χ2n) is 6.24. The van der Waals surface area contributed by atoms with E-state index < -0.39 is 9.84 Å². The summed E-state index contributed by atoms with van der Waals surface area (Å²) in [6.07, 6.45) is 1.21. The van der Waals surface area contributed by atoms with Crippen molar-refractivity contribution in [3.05, 3.63) is 30.0 Å². The van der Waals surface area contributed by atoms with Gasteiger partial charge in [-0.3, -0.25) is 0 Å². The van der Waals surface area contributed by atoms with Gasteiger partial charge in [-0.2, -0.15) is 4.98 Å². The summed E-state index contributed by atoms with van der Waals surface area (Å²) >= 11 is 2.37. The average molecular weight is 488 g/mol. The lowest BCUT2D eigenvalue weighted by Gasteiger charge is -2.41. The van der Waals surface area contributed by atoms with Gasteiger partial charge in [0.1, 0.15) is 5.69 Å². The van der Waals surface area contributed by atoms with Crippen molar-refractivity contribution in [1.82, 2.24) is 9.97 Å². The number of aryl methyl sites for hydroxylation is 1. The number of anilines is 4. The number of halogens is 1. The summed E-state index contributed by atoms with van der Waals surface area (Å²) in [5.74, 6) is 0.570. The molecule has 1 fully saturated rings. The van der Waals surface area contributed by atoms with Gasteiger partial charge in [0.15, 0.2) is 15.7 Å². The first-order chi connectivity index (χ1) is 12.2. The average Bonchev–Trinajstić information content (AvgIpc) is 2.54. The fourth-order valence-corrected chi connectivity index (χ4v) is 4.76. The maximum absolute atomic E-state index is 11.6. The van der Waals surface area contributed by atoms with Crippen LogP contribution in [0.5, 0.6) is 0 Å². The summed E-state index contributed by atoms with van der Waals surface area (Å²) in [5, 5.41) is 0. The Hall–Kier alpha value is -1.82. The van der Waals surface area contributed by atoms with Crippen molar-refractivity contribution in [3.8, 4) is 0 Å². The van der Waals surface area contributed by atoms with E-state index in [-0.39, 0.29) is 10.00 Å². The van der Waals surface area contributed by atoms with Crippen LogP contribution >= 0.6 is 22.6 Å². The molecule has 0 saturated carbocycles. The molecule has 0 amide bonds. The Kier molecular flexibility index (Phi) is 5.15. The number of nitrogen functional groups attached to an aromatic ring is 2. The third kappa shape index (κ3) is 3.80. The van der Waals surface area contributed by atoms with Crippen molar-refractivity contribution in [2.45, 2.75) is 15.9 Å². The Balaban J connectivity index is 1.79. The normalized spacial score (nSPS) is 18.2. The van der Waals surface area contributed by atoms with E-state index >= 15 is 0 Å². The zero-order chi connectivity index (χ0) is 19.1. The van der Waals surface area contributed by atoms with E-state index in [1.165, 1.54) is 6.26 Å². The number of nitrogens with two attached hydrogens (primary N) is 2. The summed E-state index contributed by atoms with van der Waals surface area (Å²) in [6.45, 7) is 4.17. The summed E-state index contributed by atoms with van der Waals surface area (Å²) in [6, 6.07) is 6.99. The van der Waals surface area contributed by atoms with Crippen LogP contribution in [0.4, 0.5) is 23.1 Å². The molecule has 1 saturated heterocycles. The smallest absolute Gasteiger partial charge is 0.222 e. The lowest BCUT2D eigenvalue weighted by Crippen LogP contribution is -2.51. The standard InChI is InChI=1S/C16H21IN6O2S/c1-10-14(15(18)21-16(19)20-10)23-8-7-22(9-13(23)17)11-3-5-12(6-4-11)26(2,24)25/h3-6,13H,7-9H2,1-2H3,(H4,18,19,20,21). The van der Waals surface area contributed by atoms with E-state index in [1.807, 2.05) is 19.1 Å². The van der Waals surface area contributed by atoms with Gasteiger partial charge in [0, 0.05) is 31.6 Å². The van der Waals surface area contributed by atoms with Gasteiger partial charge >= 0.3 is 0 Å². The van der Waals surface area contributed by atoms with Gasteiger partial charge in [-0.1, -0.05) is 22.6 Å². The van der Waals surface area contributed by atoms with Crippen LogP contribution in [-0.4, -0.2) is 48.3 Å². The first-order valence-electron chi connectivity index (χ1n) is 8.02. The van der Waals surface area contributed by atoms with Crippen molar-refractivity contribution < 1.29 is 8.42 Å². The molecule has 0 bridgehead atoms.